The fourth-order valence-corrected chi connectivity index (χ4v) is 5.77. The lowest BCUT2D eigenvalue weighted by Gasteiger charge is -2.39. The summed E-state index contributed by atoms with van der Waals surface area (Å²) < 4.78 is 0. The number of nitriles is 1. The largest absolute Gasteiger partial charge is 0.396 e. The summed E-state index contributed by atoms with van der Waals surface area (Å²) in [7, 11) is 0. The van der Waals surface area contributed by atoms with Crippen molar-refractivity contribution < 1.29 is 10.0 Å². The number of nitro groups is 1. The number of piperidine rings is 1. The van der Waals surface area contributed by atoms with Crippen molar-refractivity contribution in [3.8, 4) is 6.07 Å². The third-order valence-electron chi connectivity index (χ3n) is 5.07. The maximum absolute atomic E-state index is 11.4. The zero-order chi connectivity index (χ0) is 19.7. The average molecular weight is 415 g/mol. The van der Waals surface area contributed by atoms with Crippen LogP contribution in [0.4, 0.5) is 15.7 Å². The highest BCUT2D eigenvalue weighted by molar-refractivity contribution is 7.99. The quantitative estimate of drug-likeness (QED) is 0.331. The van der Waals surface area contributed by atoms with Crippen LogP contribution in [-0.4, -0.2) is 41.7 Å². The first kappa shape index (κ1) is 18.9. The standard InChI is InChI=1S/C19H18N4O3S2/c20-10-14-17-13-3-5-22(6-4-13)19(17)28-18(14)21-11-12-1-2-16(27-8-7-24)15(9-12)23(25)26/h1-2,9,11,13,24H,3-8H2/b21-11+. The Hall–Kier alpha value is -2.41. The van der Waals surface area contributed by atoms with Crippen molar-refractivity contribution in [1.29, 1.82) is 5.26 Å². The first-order valence-corrected chi connectivity index (χ1v) is 10.8. The van der Waals surface area contributed by atoms with E-state index >= 15 is 0 Å². The van der Waals surface area contributed by atoms with Gasteiger partial charge in [-0.3, -0.25) is 10.1 Å². The molecule has 7 nitrogen and oxygen atoms in total. The van der Waals surface area contributed by atoms with Gasteiger partial charge in [-0.1, -0.05) is 17.4 Å². The van der Waals surface area contributed by atoms with E-state index < -0.39 is 4.92 Å². The number of hydrogen-bond donors (Lipinski definition) is 1. The maximum atomic E-state index is 11.4. The minimum Gasteiger partial charge on any atom is -0.396 e. The molecule has 1 aromatic heterocycles. The summed E-state index contributed by atoms with van der Waals surface area (Å²) >= 11 is 2.78. The summed E-state index contributed by atoms with van der Waals surface area (Å²) in [5.74, 6) is 0.844. The molecule has 0 amide bonds. The number of fused-ring (bicyclic) bond motifs is 2. The van der Waals surface area contributed by atoms with Crippen LogP contribution < -0.4 is 4.90 Å². The van der Waals surface area contributed by atoms with Gasteiger partial charge in [-0.15, -0.1) is 11.8 Å². The van der Waals surface area contributed by atoms with Crippen LogP contribution in [0.1, 0.15) is 35.4 Å². The van der Waals surface area contributed by atoms with Crippen molar-refractivity contribution in [2.75, 3.05) is 30.3 Å². The highest BCUT2D eigenvalue weighted by Gasteiger charge is 2.36. The molecule has 1 saturated heterocycles. The number of rotatable bonds is 6. The number of thiophene rings is 1. The number of benzene rings is 1. The van der Waals surface area contributed by atoms with Gasteiger partial charge < -0.3 is 10.0 Å². The molecule has 1 aromatic carbocycles. The van der Waals surface area contributed by atoms with Crippen LogP contribution in [0, 0.1) is 21.4 Å². The van der Waals surface area contributed by atoms with Crippen LogP contribution >= 0.6 is 23.1 Å². The molecule has 28 heavy (non-hydrogen) atoms. The SMILES string of the molecule is N#Cc1c(/N=C/c2ccc(SCCO)c([N+](=O)[O-])c2)sc2c1C1CCN2CC1. The van der Waals surface area contributed by atoms with E-state index in [0.29, 0.717) is 32.7 Å². The second kappa shape index (κ2) is 7.91. The van der Waals surface area contributed by atoms with E-state index in [1.54, 1.807) is 18.3 Å². The molecule has 2 bridgehead atoms. The topological polar surface area (TPSA) is 103 Å². The fraction of sp³-hybridized carbons (Fsp3) is 0.368. The number of aliphatic hydroxyl groups is 1. The fourth-order valence-electron chi connectivity index (χ4n) is 3.77. The molecule has 0 unspecified atom stereocenters. The van der Waals surface area contributed by atoms with Crippen molar-refractivity contribution in [2.45, 2.75) is 23.7 Å². The number of aliphatic imine (C=N–C) groups is 1. The highest BCUT2D eigenvalue weighted by atomic mass is 32.2. The monoisotopic (exact) mass is 414 g/mol. The highest BCUT2D eigenvalue weighted by Crippen LogP contribution is 2.52. The van der Waals surface area contributed by atoms with E-state index in [9.17, 15) is 15.4 Å². The predicted octanol–water partition coefficient (Wildman–Crippen LogP) is 4.06. The Labute approximate surface area is 170 Å². The molecule has 144 valence electrons. The number of nitrogens with zero attached hydrogens (tertiary/aromatic N) is 4. The first-order valence-electron chi connectivity index (χ1n) is 9.00. The zero-order valence-corrected chi connectivity index (χ0v) is 16.6. The molecule has 5 rings (SSSR count). The molecule has 0 aliphatic carbocycles. The molecule has 0 atom stereocenters. The van der Waals surface area contributed by atoms with Gasteiger partial charge in [0.05, 0.1) is 27.0 Å². The lowest BCUT2D eigenvalue weighted by Crippen LogP contribution is -2.37. The Morgan fingerprint density at radius 3 is 2.93 bits per heavy atom. The van der Waals surface area contributed by atoms with E-state index in [0.717, 1.165) is 36.5 Å². The summed E-state index contributed by atoms with van der Waals surface area (Å²) in [6.07, 6.45) is 3.75. The Morgan fingerprint density at radius 1 is 1.46 bits per heavy atom. The summed E-state index contributed by atoms with van der Waals surface area (Å²) in [6, 6.07) is 7.25. The Bertz CT molecular complexity index is 988. The van der Waals surface area contributed by atoms with Crippen LogP contribution in [-0.2, 0) is 0 Å². The van der Waals surface area contributed by atoms with E-state index in [1.807, 2.05) is 0 Å². The third-order valence-corrected chi connectivity index (χ3v) is 7.29. The van der Waals surface area contributed by atoms with E-state index in [4.69, 9.17) is 5.11 Å². The Kier molecular flexibility index (Phi) is 5.35. The lowest BCUT2D eigenvalue weighted by molar-refractivity contribution is -0.387. The van der Waals surface area contributed by atoms with Crippen molar-refractivity contribution in [3.05, 3.63) is 45.0 Å². The molecule has 0 saturated carbocycles. The number of aliphatic hydroxyl groups excluding tert-OH is 1. The minimum absolute atomic E-state index is 0.00228. The molecule has 0 radical (unpaired) electrons. The molecule has 1 N–H and O–H groups in total. The number of thioether (sulfide) groups is 1. The molecule has 2 aromatic rings. The van der Waals surface area contributed by atoms with E-state index in [-0.39, 0.29) is 12.3 Å². The van der Waals surface area contributed by atoms with Crippen molar-refractivity contribution in [2.24, 2.45) is 4.99 Å². The summed E-state index contributed by atoms with van der Waals surface area (Å²) in [4.78, 5) is 18.3. The van der Waals surface area contributed by atoms with Gasteiger partial charge in [0.25, 0.3) is 5.69 Å². The molecular formula is C19H18N4O3S2. The van der Waals surface area contributed by atoms with Crippen LogP contribution in [0.2, 0.25) is 0 Å². The van der Waals surface area contributed by atoms with Gasteiger partial charge in [0.2, 0.25) is 0 Å². The third kappa shape index (κ3) is 3.39. The maximum Gasteiger partial charge on any atom is 0.283 e. The average Bonchev–Trinajstić information content (AvgIpc) is 3.12. The molecule has 4 heterocycles. The Morgan fingerprint density at radius 2 is 2.25 bits per heavy atom. The summed E-state index contributed by atoms with van der Waals surface area (Å²) in [5, 5.41) is 31.8. The number of hydrogen-bond acceptors (Lipinski definition) is 8. The van der Waals surface area contributed by atoms with E-state index in [2.05, 4.69) is 16.0 Å². The molecule has 3 aliphatic rings. The molecule has 3 aliphatic heterocycles. The van der Waals surface area contributed by atoms with Gasteiger partial charge in [-0.05, 0) is 30.4 Å². The zero-order valence-electron chi connectivity index (χ0n) is 15.0. The van der Waals surface area contributed by atoms with Crippen LogP contribution in [0.25, 0.3) is 0 Å². The normalized spacial score (nSPS) is 15.8. The van der Waals surface area contributed by atoms with Gasteiger partial charge in [-0.25, -0.2) is 4.99 Å². The summed E-state index contributed by atoms with van der Waals surface area (Å²) in [6.45, 7) is 2.03. The first-order chi connectivity index (χ1) is 13.6. The minimum atomic E-state index is -0.424. The van der Waals surface area contributed by atoms with Gasteiger partial charge in [0.15, 0.2) is 0 Å². The smallest absolute Gasteiger partial charge is 0.283 e. The van der Waals surface area contributed by atoms with E-state index in [1.165, 1.54) is 29.2 Å². The molecule has 0 spiro atoms. The van der Waals surface area contributed by atoms with Gasteiger partial charge in [-0.2, -0.15) is 5.26 Å². The lowest BCUT2D eigenvalue weighted by atomic mass is 9.84. The van der Waals surface area contributed by atoms with Crippen LogP contribution in [0.15, 0.2) is 28.1 Å². The number of nitro benzene ring substituents is 1. The Balaban J connectivity index is 1.65. The predicted molar refractivity (Wildman–Crippen MR) is 111 cm³/mol. The van der Waals surface area contributed by atoms with Gasteiger partial charge in [0, 0.05) is 36.7 Å². The second-order valence-corrected chi connectivity index (χ2v) is 8.80. The van der Waals surface area contributed by atoms with Crippen molar-refractivity contribution >= 4 is 45.0 Å². The van der Waals surface area contributed by atoms with Gasteiger partial charge in [0.1, 0.15) is 11.1 Å². The molecule has 1 fully saturated rings. The van der Waals surface area contributed by atoms with Crippen molar-refractivity contribution in [1.82, 2.24) is 0 Å². The second-order valence-electron chi connectivity index (χ2n) is 6.69. The van der Waals surface area contributed by atoms with Crippen molar-refractivity contribution in [3.63, 3.8) is 0 Å². The number of anilines is 1. The summed E-state index contributed by atoms with van der Waals surface area (Å²) in [5.41, 5.74) is 2.39. The van der Waals surface area contributed by atoms with Crippen LogP contribution in [0.5, 0.6) is 0 Å². The van der Waals surface area contributed by atoms with Crippen LogP contribution in [0.3, 0.4) is 0 Å². The molecule has 9 heteroatoms. The van der Waals surface area contributed by atoms with Gasteiger partial charge >= 0.3 is 0 Å². The molecular weight excluding hydrogens is 396 g/mol.